The van der Waals surface area contributed by atoms with Crippen LogP contribution in [0.15, 0.2) is 78.9 Å². The van der Waals surface area contributed by atoms with E-state index in [4.69, 9.17) is 4.74 Å². The molecule has 7 heteroatoms. The predicted molar refractivity (Wildman–Crippen MR) is 131 cm³/mol. The Hall–Kier alpha value is -4.13. The summed E-state index contributed by atoms with van der Waals surface area (Å²) in [7, 11) is 0. The number of para-hydroxylation sites is 1. The first kappa shape index (κ1) is 23.0. The van der Waals surface area contributed by atoms with E-state index in [0.29, 0.717) is 24.4 Å². The van der Waals surface area contributed by atoms with Crippen LogP contribution in [0.5, 0.6) is 5.75 Å². The van der Waals surface area contributed by atoms with Gasteiger partial charge in [-0.1, -0.05) is 42.5 Å². The Balaban J connectivity index is 1.40. The van der Waals surface area contributed by atoms with E-state index in [1.54, 1.807) is 29.2 Å². The molecule has 0 radical (unpaired) electrons. The van der Waals surface area contributed by atoms with Crippen molar-refractivity contribution < 1.29 is 19.1 Å². The minimum atomic E-state index is -0.514. The Morgan fingerprint density at radius 3 is 2.41 bits per heavy atom. The molecule has 1 aliphatic rings. The number of nitrogens with one attached hydrogen (secondary N) is 2. The molecule has 0 bridgehead atoms. The van der Waals surface area contributed by atoms with Gasteiger partial charge in [-0.25, -0.2) is 0 Å². The minimum Gasteiger partial charge on any atom is -0.494 e. The van der Waals surface area contributed by atoms with Crippen molar-refractivity contribution in [1.29, 1.82) is 0 Å². The number of hydrogen-bond donors (Lipinski definition) is 2. The van der Waals surface area contributed by atoms with Crippen LogP contribution in [-0.2, 0) is 16.1 Å². The van der Waals surface area contributed by atoms with Crippen LogP contribution >= 0.6 is 0 Å². The smallest absolute Gasteiger partial charge is 0.253 e. The summed E-state index contributed by atoms with van der Waals surface area (Å²) in [5, 5.41) is 5.74. The second kappa shape index (κ2) is 10.7. The van der Waals surface area contributed by atoms with Gasteiger partial charge in [0.1, 0.15) is 5.75 Å². The summed E-state index contributed by atoms with van der Waals surface area (Å²) in [5.41, 5.74) is 2.50. The zero-order valence-electron chi connectivity index (χ0n) is 19.0. The van der Waals surface area contributed by atoms with Gasteiger partial charge in [0, 0.05) is 25.2 Å². The number of hydrogen-bond acceptors (Lipinski definition) is 4. The zero-order chi connectivity index (χ0) is 23.9. The van der Waals surface area contributed by atoms with Crippen molar-refractivity contribution in [3.05, 3.63) is 90.0 Å². The maximum Gasteiger partial charge on any atom is 0.253 e. The third-order valence-electron chi connectivity index (χ3n) is 5.68. The van der Waals surface area contributed by atoms with Crippen LogP contribution in [0.4, 0.5) is 11.4 Å². The molecule has 174 valence electrons. The minimum absolute atomic E-state index is 0.113. The van der Waals surface area contributed by atoms with E-state index < -0.39 is 5.92 Å². The summed E-state index contributed by atoms with van der Waals surface area (Å²) >= 11 is 0. The summed E-state index contributed by atoms with van der Waals surface area (Å²) < 4.78 is 5.45. The Morgan fingerprint density at radius 2 is 1.68 bits per heavy atom. The van der Waals surface area contributed by atoms with Crippen LogP contribution in [-0.4, -0.2) is 30.9 Å². The summed E-state index contributed by atoms with van der Waals surface area (Å²) in [5.74, 6) is -0.463. The highest BCUT2D eigenvalue weighted by Gasteiger charge is 2.35. The molecule has 2 N–H and O–H groups in total. The zero-order valence-corrected chi connectivity index (χ0v) is 19.0. The van der Waals surface area contributed by atoms with E-state index in [2.05, 4.69) is 10.6 Å². The molecule has 1 aliphatic heterocycles. The molecule has 1 atom stereocenters. The molecule has 3 aromatic carbocycles. The van der Waals surface area contributed by atoms with Crippen molar-refractivity contribution in [2.45, 2.75) is 19.9 Å². The van der Waals surface area contributed by atoms with E-state index in [1.165, 1.54) is 0 Å². The standard InChI is InChI=1S/C27H27N3O4/c1-2-34-22-14-12-21(13-15-22)30-18-20(16-25(30)31)26(32)29-24-11-7-6-10-23(24)27(33)28-17-19-8-4-3-5-9-19/h3-15,20H,2,16-18H2,1H3,(H,28,33)(H,29,32). The SMILES string of the molecule is CCOc1ccc(N2CC(C(=O)Nc3ccccc3C(=O)NCc3ccccc3)CC2=O)cc1. The van der Waals surface area contributed by atoms with Crippen molar-refractivity contribution in [2.75, 3.05) is 23.4 Å². The lowest BCUT2D eigenvalue weighted by atomic mass is 10.1. The first-order valence-electron chi connectivity index (χ1n) is 11.3. The van der Waals surface area contributed by atoms with Crippen molar-refractivity contribution >= 4 is 29.1 Å². The molecule has 0 aliphatic carbocycles. The van der Waals surface area contributed by atoms with Gasteiger partial charge in [-0.3, -0.25) is 14.4 Å². The van der Waals surface area contributed by atoms with Gasteiger partial charge < -0.3 is 20.3 Å². The number of anilines is 2. The maximum atomic E-state index is 13.0. The summed E-state index contributed by atoms with van der Waals surface area (Å²) in [4.78, 5) is 40.0. The lowest BCUT2D eigenvalue weighted by molar-refractivity contribution is -0.122. The molecule has 0 saturated carbocycles. The van der Waals surface area contributed by atoms with Crippen LogP contribution in [0.2, 0.25) is 0 Å². The Kier molecular flexibility index (Phi) is 7.22. The summed E-state index contributed by atoms with van der Waals surface area (Å²) in [6.45, 7) is 3.14. The van der Waals surface area contributed by atoms with Gasteiger partial charge in [-0.15, -0.1) is 0 Å². The first-order valence-corrected chi connectivity index (χ1v) is 11.3. The number of carbonyl (C=O) groups excluding carboxylic acids is 3. The number of ether oxygens (including phenoxy) is 1. The van der Waals surface area contributed by atoms with E-state index in [-0.39, 0.29) is 30.7 Å². The molecule has 3 aromatic rings. The predicted octanol–water partition coefficient (Wildman–Crippen LogP) is 4.01. The molecule has 1 saturated heterocycles. The fraction of sp³-hybridized carbons (Fsp3) is 0.222. The largest absolute Gasteiger partial charge is 0.494 e. The molecule has 1 heterocycles. The molecule has 1 fully saturated rings. The number of amides is 3. The summed E-state index contributed by atoms with van der Waals surface area (Å²) in [6, 6.07) is 23.7. The van der Waals surface area contributed by atoms with Gasteiger partial charge in [0.25, 0.3) is 5.91 Å². The number of carbonyl (C=O) groups is 3. The highest BCUT2D eigenvalue weighted by molar-refractivity contribution is 6.07. The molecule has 0 spiro atoms. The van der Waals surface area contributed by atoms with Gasteiger partial charge in [-0.05, 0) is 48.9 Å². The molecule has 4 rings (SSSR count). The van der Waals surface area contributed by atoms with E-state index >= 15 is 0 Å². The van der Waals surface area contributed by atoms with Gasteiger partial charge >= 0.3 is 0 Å². The maximum absolute atomic E-state index is 13.0. The quantitative estimate of drug-likeness (QED) is 0.535. The molecule has 34 heavy (non-hydrogen) atoms. The highest BCUT2D eigenvalue weighted by Crippen LogP contribution is 2.28. The lowest BCUT2D eigenvalue weighted by Gasteiger charge is -2.17. The van der Waals surface area contributed by atoms with Crippen molar-refractivity contribution in [2.24, 2.45) is 5.92 Å². The molecule has 1 unspecified atom stereocenters. The van der Waals surface area contributed by atoms with Crippen molar-refractivity contribution in [1.82, 2.24) is 5.32 Å². The number of nitrogens with zero attached hydrogens (tertiary/aromatic N) is 1. The van der Waals surface area contributed by atoms with Gasteiger partial charge in [0.2, 0.25) is 11.8 Å². The molecule has 7 nitrogen and oxygen atoms in total. The molecular formula is C27H27N3O4. The van der Waals surface area contributed by atoms with Crippen LogP contribution in [0, 0.1) is 5.92 Å². The van der Waals surface area contributed by atoms with Crippen LogP contribution in [0.1, 0.15) is 29.3 Å². The monoisotopic (exact) mass is 457 g/mol. The normalized spacial score (nSPS) is 15.1. The highest BCUT2D eigenvalue weighted by atomic mass is 16.5. The van der Waals surface area contributed by atoms with Gasteiger partial charge in [-0.2, -0.15) is 0 Å². The fourth-order valence-electron chi connectivity index (χ4n) is 3.92. The molecule has 3 amide bonds. The Bertz CT molecular complexity index is 1160. The van der Waals surface area contributed by atoms with E-state index in [0.717, 1.165) is 17.0 Å². The topological polar surface area (TPSA) is 87.7 Å². The van der Waals surface area contributed by atoms with E-state index in [1.807, 2.05) is 61.5 Å². The summed E-state index contributed by atoms with van der Waals surface area (Å²) in [6.07, 6.45) is 0.113. The number of benzene rings is 3. The van der Waals surface area contributed by atoms with Crippen molar-refractivity contribution in [3.63, 3.8) is 0 Å². The third-order valence-corrected chi connectivity index (χ3v) is 5.68. The van der Waals surface area contributed by atoms with Crippen LogP contribution in [0.3, 0.4) is 0 Å². The average Bonchev–Trinajstić information content (AvgIpc) is 3.26. The van der Waals surface area contributed by atoms with Crippen LogP contribution < -0.4 is 20.3 Å². The first-order chi connectivity index (χ1) is 16.5. The van der Waals surface area contributed by atoms with Gasteiger partial charge in [0.05, 0.1) is 23.8 Å². The van der Waals surface area contributed by atoms with E-state index in [9.17, 15) is 14.4 Å². The molecule has 0 aromatic heterocycles. The fourth-order valence-corrected chi connectivity index (χ4v) is 3.92. The second-order valence-corrected chi connectivity index (χ2v) is 8.04. The van der Waals surface area contributed by atoms with Crippen molar-refractivity contribution in [3.8, 4) is 5.75 Å². The third kappa shape index (κ3) is 5.43. The second-order valence-electron chi connectivity index (χ2n) is 8.04. The number of rotatable bonds is 8. The Labute approximate surface area is 198 Å². The van der Waals surface area contributed by atoms with Crippen LogP contribution in [0.25, 0.3) is 0 Å². The average molecular weight is 458 g/mol. The Morgan fingerprint density at radius 1 is 0.971 bits per heavy atom. The molecular weight excluding hydrogens is 430 g/mol. The lowest BCUT2D eigenvalue weighted by Crippen LogP contribution is -2.29. The van der Waals surface area contributed by atoms with Gasteiger partial charge in [0.15, 0.2) is 0 Å².